The molecule has 0 aromatic rings. The van der Waals surface area contributed by atoms with Gasteiger partial charge in [0.2, 0.25) is 6.41 Å². The van der Waals surface area contributed by atoms with Crippen LogP contribution < -0.4 is 0 Å². The van der Waals surface area contributed by atoms with Gasteiger partial charge in [-0.15, -0.1) is 0 Å². The number of hydrogen-bond donors (Lipinski definition) is 2. The highest BCUT2D eigenvalue weighted by atomic mass is 16.7. The molecule has 0 aliphatic carbocycles. The minimum atomic E-state index is -1.11. The fraction of sp³-hybridized carbons (Fsp3) is 0.818. The third kappa shape index (κ3) is 6.91. The number of aliphatic hydroxyl groups excluding tert-OH is 1. The number of carbonyl (C=O) groups is 2. The summed E-state index contributed by atoms with van der Waals surface area (Å²) in [5, 5.41) is 18.5. The van der Waals surface area contributed by atoms with Crippen LogP contribution in [0.5, 0.6) is 0 Å². The minimum Gasteiger partial charge on any atom is -0.480 e. The van der Waals surface area contributed by atoms with Crippen LogP contribution in [0.25, 0.3) is 0 Å². The van der Waals surface area contributed by atoms with E-state index in [1.807, 2.05) is 0 Å². The van der Waals surface area contributed by atoms with Crippen molar-refractivity contribution in [3.05, 3.63) is 0 Å². The predicted molar refractivity (Wildman–Crippen MR) is 61.1 cm³/mol. The van der Waals surface area contributed by atoms with Gasteiger partial charge in [-0.05, 0) is 40.0 Å². The molecule has 0 aliphatic heterocycles. The van der Waals surface area contributed by atoms with Gasteiger partial charge in [0.05, 0.1) is 5.60 Å². The molecule has 1 atom stereocenters. The largest absolute Gasteiger partial charge is 0.480 e. The summed E-state index contributed by atoms with van der Waals surface area (Å²) in [7, 11) is 0. The van der Waals surface area contributed by atoms with Gasteiger partial charge in [0.15, 0.2) is 6.04 Å². The number of aliphatic hydroxyl groups is 1. The zero-order chi connectivity index (χ0) is 13.5. The van der Waals surface area contributed by atoms with Gasteiger partial charge in [0.1, 0.15) is 0 Å². The number of hydroxylamine groups is 2. The molecule has 0 aromatic heterocycles. The number of carboxylic acids is 1. The van der Waals surface area contributed by atoms with Gasteiger partial charge < -0.3 is 10.2 Å². The molecule has 0 spiro atoms. The highest BCUT2D eigenvalue weighted by Crippen LogP contribution is 2.15. The van der Waals surface area contributed by atoms with Crippen molar-refractivity contribution in [1.29, 1.82) is 0 Å². The Morgan fingerprint density at radius 3 is 2.35 bits per heavy atom. The van der Waals surface area contributed by atoms with Gasteiger partial charge in [-0.3, -0.25) is 9.63 Å². The number of carbonyl (C=O) groups excluding carboxylic acids is 1. The number of rotatable bonds is 8. The summed E-state index contributed by atoms with van der Waals surface area (Å²) >= 11 is 0. The van der Waals surface area contributed by atoms with E-state index in [0.717, 1.165) is 5.06 Å². The summed E-state index contributed by atoms with van der Waals surface area (Å²) < 4.78 is 0. The first-order valence-electron chi connectivity index (χ1n) is 5.58. The zero-order valence-electron chi connectivity index (χ0n) is 10.5. The van der Waals surface area contributed by atoms with Crippen LogP contribution in [0.2, 0.25) is 0 Å². The quantitative estimate of drug-likeness (QED) is 0.376. The standard InChI is InChI=1S/C11H21NO5/c1-11(2,3)17-12(8-14)9(10(15)16)6-4-5-7-13/h8-9,13H,4-7H2,1-3H3,(H,15,16)/t9-/m0/s1. The number of hydrogen-bond acceptors (Lipinski definition) is 4. The third-order valence-corrected chi connectivity index (χ3v) is 1.96. The summed E-state index contributed by atoms with van der Waals surface area (Å²) in [5.74, 6) is -1.11. The van der Waals surface area contributed by atoms with E-state index in [9.17, 15) is 9.59 Å². The molecule has 0 radical (unpaired) electrons. The van der Waals surface area contributed by atoms with Crippen LogP contribution in [0, 0.1) is 0 Å². The van der Waals surface area contributed by atoms with Gasteiger partial charge in [-0.2, -0.15) is 0 Å². The monoisotopic (exact) mass is 247 g/mol. The first-order chi connectivity index (χ1) is 7.81. The van der Waals surface area contributed by atoms with Gasteiger partial charge in [-0.25, -0.2) is 9.86 Å². The molecule has 17 heavy (non-hydrogen) atoms. The van der Waals surface area contributed by atoms with Gasteiger partial charge >= 0.3 is 5.97 Å². The van der Waals surface area contributed by atoms with Gasteiger partial charge in [0.25, 0.3) is 0 Å². The number of aliphatic carboxylic acids is 1. The molecule has 0 bridgehead atoms. The van der Waals surface area contributed by atoms with Crippen LogP contribution in [0.4, 0.5) is 0 Å². The number of nitrogens with zero attached hydrogens (tertiary/aromatic N) is 1. The lowest BCUT2D eigenvalue weighted by Crippen LogP contribution is -2.44. The van der Waals surface area contributed by atoms with Gasteiger partial charge in [-0.1, -0.05) is 0 Å². The smallest absolute Gasteiger partial charge is 0.329 e. The maximum absolute atomic E-state index is 11.0. The molecule has 0 rings (SSSR count). The lowest BCUT2D eigenvalue weighted by Gasteiger charge is -2.30. The maximum Gasteiger partial charge on any atom is 0.329 e. The van der Waals surface area contributed by atoms with Crippen molar-refractivity contribution in [2.75, 3.05) is 6.61 Å². The molecular weight excluding hydrogens is 226 g/mol. The fourth-order valence-electron chi connectivity index (χ4n) is 1.28. The fourth-order valence-corrected chi connectivity index (χ4v) is 1.28. The second kappa shape index (κ2) is 7.24. The lowest BCUT2D eigenvalue weighted by atomic mass is 10.1. The Labute approximate surface area is 101 Å². The normalized spacial score (nSPS) is 13.2. The van der Waals surface area contributed by atoms with Crippen LogP contribution in [0.3, 0.4) is 0 Å². The van der Waals surface area contributed by atoms with E-state index in [0.29, 0.717) is 19.3 Å². The number of amides is 1. The molecule has 2 N–H and O–H groups in total. The first kappa shape index (κ1) is 15.9. The molecule has 6 nitrogen and oxygen atoms in total. The molecule has 6 heteroatoms. The maximum atomic E-state index is 11.0. The van der Waals surface area contributed by atoms with Gasteiger partial charge in [0, 0.05) is 6.61 Å². The molecule has 0 fully saturated rings. The van der Waals surface area contributed by atoms with Crippen molar-refractivity contribution in [1.82, 2.24) is 5.06 Å². The van der Waals surface area contributed by atoms with E-state index in [1.54, 1.807) is 20.8 Å². The second-order valence-corrected chi connectivity index (χ2v) is 4.74. The van der Waals surface area contributed by atoms with Crippen molar-refractivity contribution in [2.45, 2.75) is 51.7 Å². The van der Waals surface area contributed by atoms with Crippen LogP contribution >= 0.6 is 0 Å². The summed E-state index contributed by atoms with van der Waals surface area (Å²) in [6.07, 6.45) is 1.66. The van der Waals surface area contributed by atoms with Crippen molar-refractivity contribution in [2.24, 2.45) is 0 Å². The Kier molecular flexibility index (Phi) is 6.75. The molecule has 0 unspecified atom stereocenters. The SMILES string of the molecule is CC(C)(C)ON(C=O)[C@@H](CCCCO)C(=O)O. The number of unbranched alkanes of at least 4 members (excludes halogenated alkanes) is 1. The summed E-state index contributed by atoms with van der Waals surface area (Å²) in [6.45, 7) is 5.20. The predicted octanol–water partition coefficient (Wildman–Crippen LogP) is 0.791. The van der Waals surface area contributed by atoms with Crippen molar-refractivity contribution in [3.8, 4) is 0 Å². The van der Waals surface area contributed by atoms with Crippen LogP contribution in [0.15, 0.2) is 0 Å². The van der Waals surface area contributed by atoms with Crippen molar-refractivity contribution < 1.29 is 24.6 Å². The topological polar surface area (TPSA) is 87.1 Å². The van der Waals surface area contributed by atoms with Crippen molar-refractivity contribution >= 4 is 12.4 Å². The lowest BCUT2D eigenvalue weighted by molar-refractivity contribution is -0.235. The Hall–Kier alpha value is -1.14. The Bertz CT molecular complexity index is 249. The Balaban J connectivity index is 4.52. The molecule has 0 saturated carbocycles. The summed E-state index contributed by atoms with van der Waals surface area (Å²) in [4.78, 5) is 27.1. The van der Waals surface area contributed by atoms with E-state index >= 15 is 0 Å². The molecular formula is C11H21NO5. The first-order valence-corrected chi connectivity index (χ1v) is 5.58. The van der Waals surface area contributed by atoms with E-state index in [4.69, 9.17) is 15.1 Å². The highest BCUT2D eigenvalue weighted by Gasteiger charge is 2.28. The van der Waals surface area contributed by atoms with E-state index in [2.05, 4.69) is 0 Å². The molecule has 1 amide bonds. The van der Waals surface area contributed by atoms with E-state index in [1.165, 1.54) is 0 Å². The van der Waals surface area contributed by atoms with E-state index in [-0.39, 0.29) is 13.0 Å². The summed E-state index contributed by atoms with van der Waals surface area (Å²) in [5.41, 5.74) is -0.633. The molecule has 0 heterocycles. The second-order valence-electron chi connectivity index (χ2n) is 4.74. The Morgan fingerprint density at radius 1 is 1.41 bits per heavy atom. The van der Waals surface area contributed by atoms with Crippen LogP contribution in [0.1, 0.15) is 40.0 Å². The average Bonchev–Trinajstić information content (AvgIpc) is 2.20. The average molecular weight is 247 g/mol. The van der Waals surface area contributed by atoms with Crippen LogP contribution in [-0.4, -0.2) is 45.9 Å². The molecule has 100 valence electrons. The zero-order valence-corrected chi connectivity index (χ0v) is 10.5. The molecule has 0 aliphatic rings. The Morgan fingerprint density at radius 2 is 2.00 bits per heavy atom. The minimum absolute atomic E-state index is 0.00750. The molecule has 0 aromatic carbocycles. The van der Waals surface area contributed by atoms with E-state index < -0.39 is 17.6 Å². The highest BCUT2D eigenvalue weighted by molar-refractivity contribution is 5.75. The van der Waals surface area contributed by atoms with Crippen LogP contribution in [-0.2, 0) is 14.4 Å². The van der Waals surface area contributed by atoms with Crippen molar-refractivity contribution in [3.63, 3.8) is 0 Å². The third-order valence-electron chi connectivity index (χ3n) is 1.96. The molecule has 0 saturated heterocycles. The summed E-state index contributed by atoms with van der Waals surface area (Å²) in [6, 6.07) is -1.02. The number of carboxylic acid groups (broad SMARTS) is 1.